The lowest BCUT2D eigenvalue weighted by Gasteiger charge is -2.29. The maximum atomic E-state index is 12.7. The van der Waals surface area contributed by atoms with Gasteiger partial charge < -0.3 is 18.7 Å². The summed E-state index contributed by atoms with van der Waals surface area (Å²) in [5.74, 6) is 2.93. The number of nitrogens with zero attached hydrogens (tertiary/aromatic N) is 4. The number of hydrogen-bond donors (Lipinski definition) is 0. The zero-order valence-corrected chi connectivity index (χ0v) is 16.8. The van der Waals surface area contributed by atoms with Crippen molar-refractivity contribution in [2.75, 3.05) is 20.2 Å². The topological polar surface area (TPSA) is 94.5 Å². The molecule has 1 aromatic carbocycles. The molecule has 0 radical (unpaired) electrons. The van der Waals surface area contributed by atoms with Crippen molar-refractivity contribution in [2.45, 2.75) is 38.5 Å². The highest BCUT2D eigenvalue weighted by molar-refractivity contribution is 5.92. The lowest BCUT2D eigenvalue weighted by atomic mass is 9.96. The smallest absolute Gasteiger partial charge is 0.276 e. The molecule has 0 N–H and O–H groups in total. The Morgan fingerprint density at radius 3 is 2.48 bits per heavy atom. The van der Waals surface area contributed by atoms with Crippen LogP contribution in [0, 0.1) is 0 Å². The maximum Gasteiger partial charge on any atom is 0.276 e. The number of amides is 1. The van der Waals surface area contributed by atoms with E-state index in [4.69, 9.17) is 13.8 Å². The van der Waals surface area contributed by atoms with Gasteiger partial charge in [0.1, 0.15) is 11.5 Å². The number of methoxy groups -OCH3 is 1. The van der Waals surface area contributed by atoms with Crippen LogP contribution in [0.4, 0.5) is 0 Å². The first-order valence-electron chi connectivity index (χ1n) is 9.79. The molecule has 3 aromatic rings. The molecule has 0 bridgehead atoms. The third-order valence-corrected chi connectivity index (χ3v) is 5.24. The van der Waals surface area contributed by atoms with Gasteiger partial charge in [0.2, 0.25) is 11.7 Å². The molecule has 3 heterocycles. The molecule has 1 saturated heterocycles. The standard InChI is InChI=1S/C21H24N4O4/c1-13(2)18-12-17(23-28-18)21(26)25-10-8-15(9-11-25)20-22-19(24-29-20)14-4-6-16(27-3)7-5-14/h4-7,12-13,15H,8-11H2,1-3H3. The van der Waals surface area contributed by atoms with E-state index in [0.717, 1.165) is 29.9 Å². The van der Waals surface area contributed by atoms with E-state index >= 15 is 0 Å². The van der Waals surface area contributed by atoms with E-state index in [2.05, 4.69) is 15.3 Å². The van der Waals surface area contributed by atoms with E-state index in [-0.39, 0.29) is 17.7 Å². The van der Waals surface area contributed by atoms with Crippen molar-refractivity contribution in [2.24, 2.45) is 0 Å². The number of ether oxygens (including phenoxy) is 1. The van der Waals surface area contributed by atoms with Crippen molar-refractivity contribution in [1.29, 1.82) is 0 Å². The third kappa shape index (κ3) is 4.01. The molecular formula is C21H24N4O4. The molecule has 29 heavy (non-hydrogen) atoms. The van der Waals surface area contributed by atoms with Gasteiger partial charge in [-0.25, -0.2) is 0 Å². The zero-order valence-electron chi connectivity index (χ0n) is 16.8. The Bertz CT molecular complexity index is 969. The highest BCUT2D eigenvalue weighted by Crippen LogP contribution is 2.29. The molecule has 2 aromatic heterocycles. The van der Waals surface area contributed by atoms with Gasteiger partial charge in [-0.3, -0.25) is 4.79 Å². The van der Waals surface area contributed by atoms with Gasteiger partial charge in [-0.15, -0.1) is 0 Å². The summed E-state index contributed by atoms with van der Waals surface area (Å²) >= 11 is 0. The zero-order chi connectivity index (χ0) is 20.4. The lowest BCUT2D eigenvalue weighted by Crippen LogP contribution is -2.38. The number of likely N-dealkylation sites (tertiary alicyclic amines) is 1. The van der Waals surface area contributed by atoms with Crippen LogP contribution >= 0.6 is 0 Å². The van der Waals surface area contributed by atoms with Gasteiger partial charge in [-0.1, -0.05) is 24.2 Å². The fourth-order valence-corrected chi connectivity index (χ4v) is 3.41. The van der Waals surface area contributed by atoms with Crippen molar-refractivity contribution < 1.29 is 18.6 Å². The van der Waals surface area contributed by atoms with Crippen LogP contribution in [0.15, 0.2) is 39.4 Å². The van der Waals surface area contributed by atoms with Crippen molar-refractivity contribution >= 4 is 5.91 Å². The summed E-state index contributed by atoms with van der Waals surface area (Å²) in [5, 5.41) is 8.03. The number of piperidine rings is 1. The van der Waals surface area contributed by atoms with Crippen LogP contribution in [0.1, 0.15) is 60.7 Å². The van der Waals surface area contributed by atoms with E-state index in [1.165, 1.54) is 0 Å². The van der Waals surface area contributed by atoms with Gasteiger partial charge in [0.05, 0.1) is 7.11 Å². The fourth-order valence-electron chi connectivity index (χ4n) is 3.41. The highest BCUT2D eigenvalue weighted by Gasteiger charge is 2.29. The van der Waals surface area contributed by atoms with Crippen molar-refractivity contribution in [1.82, 2.24) is 20.2 Å². The van der Waals surface area contributed by atoms with E-state index in [1.54, 1.807) is 18.1 Å². The molecule has 1 fully saturated rings. The molecule has 0 saturated carbocycles. The van der Waals surface area contributed by atoms with Crippen LogP contribution in [-0.2, 0) is 0 Å². The molecule has 0 unspecified atom stereocenters. The maximum absolute atomic E-state index is 12.7. The first-order valence-corrected chi connectivity index (χ1v) is 9.79. The Kier molecular flexibility index (Phi) is 5.33. The van der Waals surface area contributed by atoms with Crippen LogP contribution in [0.5, 0.6) is 5.75 Å². The second-order valence-electron chi connectivity index (χ2n) is 7.52. The van der Waals surface area contributed by atoms with Crippen LogP contribution < -0.4 is 4.74 Å². The lowest BCUT2D eigenvalue weighted by molar-refractivity contribution is 0.0694. The molecule has 8 nitrogen and oxygen atoms in total. The fraction of sp³-hybridized carbons (Fsp3) is 0.429. The number of hydrogen-bond acceptors (Lipinski definition) is 7. The van der Waals surface area contributed by atoms with Crippen molar-refractivity contribution in [3.63, 3.8) is 0 Å². The van der Waals surface area contributed by atoms with Crippen LogP contribution in [0.25, 0.3) is 11.4 Å². The summed E-state index contributed by atoms with van der Waals surface area (Å²) in [4.78, 5) is 19.0. The molecule has 1 amide bonds. The Balaban J connectivity index is 1.38. The summed E-state index contributed by atoms with van der Waals surface area (Å²) in [5.41, 5.74) is 1.24. The highest BCUT2D eigenvalue weighted by atomic mass is 16.5. The van der Waals surface area contributed by atoms with Gasteiger partial charge in [-0.2, -0.15) is 4.98 Å². The van der Waals surface area contributed by atoms with Crippen LogP contribution in [0.3, 0.4) is 0 Å². The molecule has 0 aliphatic carbocycles. The predicted octanol–water partition coefficient (Wildman–Crippen LogP) is 3.88. The van der Waals surface area contributed by atoms with Gasteiger partial charge in [0.25, 0.3) is 5.91 Å². The van der Waals surface area contributed by atoms with Gasteiger partial charge in [0, 0.05) is 36.6 Å². The SMILES string of the molecule is COc1ccc(-c2noc(C3CCN(C(=O)c4cc(C(C)C)on4)CC3)n2)cc1. The Morgan fingerprint density at radius 2 is 1.86 bits per heavy atom. The molecule has 0 atom stereocenters. The summed E-state index contributed by atoms with van der Waals surface area (Å²) in [6.45, 7) is 5.25. The molecule has 1 aliphatic heterocycles. The Morgan fingerprint density at radius 1 is 1.14 bits per heavy atom. The Labute approximate surface area is 168 Å². The first-order chi connectivity index (χ1) is 14.0. The average Bonchev–Trinajstić information content (AvgIpc) is 3.44. The number of benzene rings is 1. The van der Waals surface area contributed by atoms with Gasteiger partial charge in [0.15, 0.2) is 5.69 Å². The molecule has 8 heteroatoms. The molecular weight excluding hydrogens is 372 g/mol. The minimum atomic E-state index is -0.0939. The number of rotatable bonds is 5. The second-order valence-corrected chi connectivity index (χ2v) is 7.52. The largest absolute Gasteiger partial charge is 0.497 e. The van der Waals surface area contributed by atoms with Gasteiger partial charge in [-0.05, 0) is 37.1 Å². The predicted molar refractivity (Wildman–Crippen MR) is 105 cm³/mol. The number of carbonyl (C=O) groups excluding carboxylic acids is 1. The Hall–Kier alpha value is -3.16. The molecule has 4 rings (SSSR count). The normalized spacial score (nSPS) is 15.1. The molecule has 1 aliphatic rings. The summed E-state index contributed by atoms with van der Waals surface area (Å²) in [6, 6.07) is 9.27. The number of aromatic nitrogens is 3. The first kappa shape index (κ1) is 19.2. The summed E-state index contributed by atoms with van der Waals surface area (Å²) < 4.78 is 15.9. The summed E-state index contributed by atoms with van der Waals surface area (Å²) in [7, 11) is 1.63. The minimum Gasteiger partial charge on any atom is -0.497 e. The monoisotopic (exact) mass is 396 g/mol. The van der Waals surface area contributed by atoms with Crippen molar-refractivity contribution in [3.05, 3.63) is 47.7 Å². The van der Waals surface area contributed by atoms with E-state index in [0.29, 0.717) is 30.5 Å². The van der Waals surface area contributed by atoms with Gasteiger partial charge >= 0.3 is 0 Å². The second kappa shape index (κ2) is 8.06. The summed E-state index contributed by atoms with van der Waals surface area (Å²) in [6.07, 6.45) is 1.54. The minimum absolute atomic E-state index is 0.0939. The third-order valence-electron chi connectivity index (χ3n) is 5.24. The van der Waals surface area contributed by atoms with Crippen molar-refractivity contribution in [3.8, 4) is 17.1 Å². The molecule has 152 valence electrons. The van der Waals surface area contributed by atoms with Crippen LogP contribution in [-0.4, -0.2) is 46.3 Å². The van der Waals surface area contributed by atoms with E-state index < -0.39 is 0 Å². The quantitative estimate of drug-likeness (QED) is 0.646. The molecule has 0 spiro atoms. The number of carbonyl (C=O) groups is 1. The van der Waals surface area contributed by atoms with E-state index in [1.807, 2.05) is 38.1 Å². The average molecular weight is 396 g/mol. The van der Waals surface area contributed by atoms with E-state index in [9.17, 15) is 4.79 Å². The van der Waals surface area contributed by atoms with Crippen LogP contribution in [0.2, 0.25) is 0 Å².